The molecule has 0 atom stereocenters. The van der Waals surface area contributed by atoms with E-state index >= 15 is 0 Å². The number of alkyl halides is 3. The molecule has 5 rings (SSSR count). The molecule has 0 amide bonds. The lowest BCUT2D eigenvalue weighted by Crippen LogP contribution is -2.41. The number of hydrogen-bond donors (Lipinski definition) is 3. The van der Waals surface area contributed by atoms with Gasteiger partial charge in [0.25, 0.3) is 0 Å². The number of nitrogens with one attached hydrogen (secondary N) is 3. The fourth-order valence-corrected chi connectivity index (χ4v) is 4.54. The van der Waals surface area contributed by atoms with Crippen molar-refractivity contribution in [3.8, 4) is 11.5 Å². The van der Waals surface area contributed by atoms with Gasteiger partial charge in [0.1, 0.15) is 5.52 Å². The van der Waals surface area contributed by atoms with Crippen LogP contribution in [0.2, 0.25) is 0 Å². The lowest BCUT2D eigenvalue weighted by atomic mass is 9.99. The Bertz CT molecular complexity index is 1380. The van der Waals surface area contributed by atoms with Crippen LogP contribution in [-0.4, -0.2) is 46.9 Å². The summed E-state index contributed by atoms with van der Waals surface area (Å²) in [6, 6.07) is 9.81. The van der Waals surface area contributed by atoms with Crippen molar-refractivity contribution in [2.24, 2.45) is 0 Å². The Balaban J connectivity index is 1.43. The highest BCUT2D eigenvalue weighted by Gasteiger charge is 2.35. The van der Waals surface area contributed by atoms with Gasteiger partial charge in [-0.3, -0.25) is 4.79 Å². The van der Waals surface area contributed by atoms with Crippen LogP contribution < -0.4 is 10.2 Å². The normalized spacial score (nSPS) is 15.2. The minimum atomic E-state index is -4.65. The second kappa shape index (κ2) is 8.84. The van der Waals surface area contributed by atoms with Crippen LogP contribution >= 0.6 is 0 Å². The molecule has 1 fully saturated rings. The molecule has 1 aliphatic heterocycles. The Kier molecular flexibility index (Phi) is 5.84. The average Bonchev–Trinajstić information content (AvgIpc) is 3.51. The van der Waals surface area contributed by atoms with E-state index < -0.39 is 28.9 Å². The lowest BCUT2D eigenvalue weighted by molar-refractivity contribution is -0.137. The topological polar surface area (TPSA) is 76.8 Å². The molecule has 35 heavy (non-hydrogen) atoms. The smallest absolute Gasteiger partial charge is 0.371 e. The van der Waals surface area contributed by atoms with E-state index in [2.05, 4.69) is 25.2 Å². The van der Waals surface area contributed by atoms with Crippen LogP contribution in [0.5, 0.6) is 0 Å². The third-order valence-electron chi connectivity index (χ3n) is 6.47. The molecule has 0 aliphatic carbocycles. The maximum Gasteiger partial charge on any atom is 0.417 e. The van der Waals surface area contributed by atoms with Gasteiger partial charge < -0.3 is 20.2 Å². The van der Waals surface area contributed by atoms with Crippen molar-refractivity contribution >= 4 is 22.5 Å². The van der Waals surface area contributed by atoms with Gasteiger partial charge in [-0.05, 0) is 44.2 Å². The van der Waals surface area contributed by atoms with E-state index in [9.17, 15) is 22.4 Å². The van der Waals surface area contributed by atoms with Gasteiger partial charge in [-0.1, -0.05) is 18.2 Å². The fraction of sp³-hybridized carbons (Fsp3) is 0.280. The van der Waals surface area contributed by atoms with Crippen LogP contribution in [0.3, 0.4) is 0 Å². The largest absolute Gasteiger partial charge is 0.417 e. The Morgan fingerprint density at radius 3 is 2.60 bits per heavy atom. The first-order valence-electron chi connectivity index (χ1n) is 11.3. The van der Waals surface area contributed by atoms with Crippen LogP contribution in [0.15, 0.2) is 48.7 Å². The van der Waals surface area contributed by atoms with Crippen molar-refractivity contribution in [3.05, 3.63) is 71.2 Å². The van der Waals surface area contributed by atoms with E-state index in [1.165, 1.54) is 30.5 Å². The number of rotatable bonds is 5. The van der Waals surface area contributed by atoms with Crippen molar-refractivity contribution in [2.75, 3.05) is 25.0 Å². The zero-order chi connectivity index (χ0) is 24.7. The Labute approximate surface area is 198 Å². The number of aromatic nitrogens is 3. The molecular weight excluding hydrogens is 462 g/mol. The number of fused-ring (bicyclic) bond motifs is 1. The summed E-state index contributed by atoms with van der Waals surface area (Å²) in [4.78, 5) is 25.2. The van der Waals surface area contributed by atoms with Crippen LogP contribution in [0, 0.1) is 5.82 Å². The first-order valence-corrected chi connectivity index (χ1v) is 11.3. The number of imidazole rings is 1. The molecule has 1 aliphatic rings. The van der Waals surface area contributed by atoms with Gasteiger partial charge in [0.05, 0.1) is 16.8 Å². The molecule has 3 N–H and O–H groups in total. The van der Waals surface area contributed by atoms with Gasteiger partial charge in [-0.15, -0.1) is 0 Å². The Hall–Kier alpha value is -3.66. The van der Waals surface area contributed by atoms with Crippen LogP contribution in [-0.2, 0) is 6.18 Å². The summed E-state index contributed by atoms with van der Waals surface area (Å²) in [7, 11) is 1.94. The van der Waals surface area contributed by atoms with E-state index in [1.807, 2.05) is 13.1 Å². The first-order chi connectivity index (χ1) is 16.7. The molecule has 1 saturated heterocycles. The Morgan fingerprint density at radius 2 is 1.89 bits per heavy atom. The minimum absolute atomic E-state index is 0.0470. The van der Waals surface area contributed by atoms with Crippen LogP contribution in [0.1, 0.15) is 34.3 Å². The highest BCUT2D eigenvalue weighted by molar-refractivity contribution is 6.10. The average molecular weight is 485 g/mol. The van der Waals surface area contributed by atoms with Gasteiger partial charge in [-0.2, -0.15) is 13.2 Å². The summed E-state index contributed by atoms with van der Waals surface area (Å²) in [5, 5.41) is 3.27. The number of ketones is 1. The zero-order valence-electron chi connectivity index (χ0n) is 18.8. The third kappa shape index (κ3) is 4.41. The number of benzene rings is 2. The van der Waals surface area contributed by atoms with Crippen molar-refractivity contribution in [1.29, 1.82) is 0 Å². The number of anilines is 1. The molecule has 10 heteroatoms. The molecule has 2 aromatic heterocycles. The summed E-state index contributed by atoms with van der Waals surface area (Å²) in [5.41, 5.74) is 0.383. The number of nitrogens with zero attached hydrogens (tertiary/aromatic N) is 2. The van der Waals surface area contributed by atoms with Crippen LogP contribution in [0.25, 0.3) is 22.6 Å². The monoisotopic (exact) mass is 485 g/mol. The predicted molar refractivity (Wildman–Crippen MR) is 125 cm³/mol. The van der Waals surface area contributed by atoms with E-state index in [-0.39, 0.29) is 16.9 Å². The quantitative estimate of drug-likeness (QED) is 0.270. The zero-order valence-corrected chi connectivity index (χ0v) is 18.8. The molecule has 0 bridgehead atoms. The minimum Gasteiger partial charge on any atom is -0.371 e. The van der Waals surface area contributed by atoms with E-state index in [1.54, 1.807) is 0 Å². The highest BCUT2D eigenvalue weighted by Crippen LogP contribution is 2.33. The number of hydrogen-bond acceptors (Lipinski definition) is 4. The number of carbonyl (C=O) groups is 1. The number of aromatic amines is 2. The van der Waals surface area contributed by atoms with Crippen molar-refractivity contribution < 1.29 is 22.4 Å². The van der Waals surface area contributed by atoms with E-state index in [4.69, 9.17) is 0 Å². The summed E-state index contributed by atoms with van der Waals surface area (Å²) < 4.78 is 54.9. The molecule has 0 spiro atoms. The summed E-state index contributed by atoms with van der Waals surface area (Å²) >= 11 is 0. The summed E-state index contributed by atoms with van der Waals surface area (Å²) in [5.74, 6) is -0.958. The fourth-order valence-electron chi connectivity index (χ4n) is 4.54. The van der Waals surface area contributed by atoms with E-state index in [0.29, 0.717) is 17.3 Å². The van der Waals surface area contributed by atoms with Gasteiger partial charge in [0.2, 0.25) is 0 Å². The van der Waals surface area contributed by atoms with Gasteiger partial charge >= 0.3 is 6.18 Å². The Morgan fingerprint density at radius 1 is 1.14 bits per heavy atom. The predicted octanol–water partition coefficient (Wildman–Crippen LogP) is 5.14. The molecule has 0 radical (unpaired) electrons. The second-order valence-electron chi connectivity index (χ2n) is 8.63. The molecule has 182 valence electrons. The highest BCUT2D eigenvalue weighted by atomic mass is 19.4. The first kappa shape index (κ1) is 23.1. The van der Waals surface area contributed by atoms with Gasteiger partial charge in [0.15, 0.2) is 17.4 Å². The number of halogens is 4. The molecule has 0 unspecified atom stereocenters. The van der Waals surface area contributed by atoms with Crippen molar-refractivity contribution in [2.45, 2.75) is 25.1 Å². The molecule has 6 nitrogen and oxygen atoms in total. The van der Waals surface area contributed by atoms with Gasteiger partial charge in [0, 0.05) is 42.1 Å². The molecule has 0 saturated carbocycles. The number of carbonyl (C=O) groups excluding carboxylic acids is 1. The molecule has 2 aromatic carbocycles. The van der Waals surface area contributed by atoms with Crippen molar-refractivity contribution in [1.82, 2.24) is 20.3 Å². The summed E-state index contributed by atoms with van der Waals surface area (Å²) in [6.07, 6.45) is -1.41. The maximum atomic E-state index is 14.9. The number of piperidine rings is 1. The standard InChI is InChI=1S/C25H23F4N5O/c1-30-15-6-8-34(9-7-15)16-11-19(26)22-20(12-16)32-24(33-22)21-10-14(13-31-21)23(35)17-4-2-3-5-18(17)25(27,28)29/h2-5,10-13,15,30-31H,6-9H2,1H3,(H,32,33). The van der Waals surface area contributed by atoms with E-state index in [0.717, 1.165) is 43.8 Å². The molecular formula is C25H23F4N5O. The third-order valence-corrected chi connectivity index (χ3v) is 6.47. The lowest BCUT2D eigenvalue weighted by Gasteiger charge is -2.33. The SMILES string of the molecule is CNC1CCN(c2cc(F)c3nc(-c4cc(C(=O)c5ccccc5C(F)(F)F)c[nH]4)[nH]c3c2)CC1. The van der Waals surface area contributed by atoms with Gasteiger partial charge in [-0.25, -0.2) is 9.37 Å². The molecule has 3 heterocycles. The number of H-pyrrole nitrogens is 2. The molecule has 4 aromatic rings. The second-order valence-corrected chi connectivity index (χ2v) is 8.63. The summed E-state index contributed by atoms with van der Waals surface area (Å²) in [6.45, 7) is 1.61. The maximum absolute atomic E-state index is 14.9. The van der Waals surface area contributed by atoms with Crippen molar-refractivity contribution in [3.63, 3.8) is 0 Å². The van der Waals surface area contributed by atoms with Crippen LogP contribution in [0.4, 0.5) is 23.2 Å².